The third-order valence-electron chi connectivity index (χ3n) is 3.94. The predicted octanol–water partition coefficient (Wildman–Crippen LogP) is 1.98. The van der Waals surface area contributed by atoms with Gasteiger partial charge in [0.25, 0.3) is 0 Å². The summed E-state index contributed by atoms with van der Waals surface area (Å²) in [5.74, 6) is 1.08. The minimum absolute atomic E-state index is 0.198. The average molecular weight is 245 g/mol. The summed E-state index contributed by atoms with van der Waals surface area (Å²) in [7, 11) is 0. The Morgan fingerprint density at radius 1 is 1.44 bits per heavy atom. The third kappa shape index (κ3) is 1.59. The number of hydrogen-bond acceptors (Lipinski definition) is 3. The van der Waals surface area contributed by atoms with Gasteiger partial charge in [0.2, 0.25) is 5.91 Å². The summed E-state index contributed by atoms with van der Waals surface area (Å²) in [5, 5.41) is 0. The van der Waals surface area contributed by atoms with Crippen molar-refractivity contribution < 1.29 is 4.79 Å². The van der Waals surface area contributed by atoms with E-state index >= 15 is 0 Å². The van der Waals surface area contributed by atoms with Gasteiger partial charge < -0.3 is 4.90 Å². The highest BCUT2D eigenvalue weighted by Gasteiger charge is 2.39. The van der Waals surface area contributed by atoms with Crippen LogP contribution >= 0.6 is 0 Å². The van der Waals surface area contributed by atoms with Crippen LogP contribution in [0.5, 0.6) is 0 Å². The van der Waals surface area contributed by atoms with E-state index in [1.165, 1.54) is 0 Å². The summed E-state index contributed by atoms with van der Waals surface area (Å²) < 4.78 is 0. The highest BCUT2D eigenvalue weighted by molar-refractivity contribution is 5.97. The Balaban J connectivity index is 2.10. The molecule has 18 heavy (non-hydrogen) atoms. The normalized spacial score (nSPS) is 21.1. The van der Waals surface area contributed by atoms with Gasteiger partial charge in [-0.25, -0.2) is 4.98 Å². The Labute approximate surface area is 108 Å². The second-order valence-electron chi connectivity index (χ2n) is 5.00. The SMILES string of the molecule is CCC(=O)N1c2nc(CC)ccc2N2CCC1C2. The molecule has 96 valence electrons. The number of anilines is 2. The predicted molar refractivity (Wildman–Crippen MR) is 72.0 cm³/mol. The van der Waals surface area contributed by atoms with Crippen molar-refractivity contribution in [2.45, 2.75) is 39.2 Å². The zero-order chi connectivity index (χ0) is 12.7. The molecule has 0 aromatic carbocycles. The van der Waals surface area contributed by atoms with Crippen LogP contribution in [0.1, 0.15) is 32.4 Å². The molecule has 1 aromatic heterocycles. The standard InChI is InChI=1S/C14H19N3O/c1-3-10-5-6-12-14(15-10)17(13(18)4-2)11-7-8-16(12)9-11/h5-6,11H,3-4,7-9H2,1-2H3. The van der Waals surface area contributed by atoms with E-state index in [2.05, 4.69) is 28.9 Å². The molecule has 1 aromatic rings. The quantitative estimate of drug-likeness (QED) is 0.799. The molecule has 1 fully saturated rings. The second-order valence-corrected chi connectivity index (χ2v) is 5.00. The van der Waals surface area contributed by atoms with Crippen molar-refractivity contribution in [1.29, 1.82) is 0 Å². The maximum atomic E-state index is 12.2. The number of carbonyl (C=O) groups is 1. The molecule has 1 atom stereocenters. The zero-order valence-electron chi connectivity index (χ0n) is 11.0. The van der Waals surface area contributed by atoms with Crippen molar-refractivity contribution in [3.05, 3.63) is 17.8 Å². The van der Waals surface area contributed by atoms with E-state index in [0.717, 1.165) is 43.1 Å². The summed E-state index contributed by atoms with van der Waals surface area (Å²) in [6.45, 7) is 6.02. The van der Waals surface area contributed by atoms with Crippen molar-refractivity contribution in [3.8, 4) is 0 Å². The molecular formula is C14H19N3O. The van der Waals surface area contributed by atoms with Gasteiger partial charge in [0.15, 0.2) is 5.82 Å². The van der Waals surface area contributed by atoms with Crippen LogP contribution < -0.4 is 9.80 Å². The van der Waals surface area contributed by atoms with Gasteiger partial charge in [0.05, 0.1) is 11.7 Å². The fraction of sp³-hybridized carbons (Fsp3) is 0.571. The van der Waals surface area contributed by atoms with E-state index in [4.69, 9.17) is 0 Å². The van der Waals surface area contributed by atoms with Gasteiger partial charge in [-0.3, -0.25) is 9.69 Å². The first kappa shape index (κ1) is 11.5. The van der Waals surface area contributed by atoms with Gasteiger partial charge in [-0.2, -0.15) is 0 Å². The van der Waals surface area contributed by atoms with Gasteiger partial charge in [0.1, 0.15) is 0 Å². The fourth-order valence-corrected chi connectivity index (χ4v) is 2.94. The number of pyridine rings is 1. The topological polar surface area (TPSA) is 36.4 Å². The summed E-state index contributed by atoms with van der Waals surface area (Å²) in [4.78, 5) is 21.2. The van der Waals surface area contributed by atoms with Gasteiger partial charge in [-0.05, 0) is 25.0 Å². The molecule has 1 amide bonds. The van der Waals surface area contributed by atoms with Crippen LogP contribution in [0.2, 0.25) is 0 Å². The van der Waals surface area contributed by atoms with Crippen molar-refractivity contribution in [1.82, 2.24) is 4.98 Å². The lowest BCUT2D eigenvalue weighted by molar-refractivity contribution is -0.118. The average Bonchev–Trinajstić information content (AvgIpc) is 2.83. The summed E-state index contributed by atoms with van der Waals surface area (Å²) in [6, 6.07) is 4.52. The highest BCUT2D eigenvalue weighted by Crippen LogP contribution is 2.39. The van der Waals surface area contributed by atoms with E-state index in [0.29, 0.717) is 12.5 Å². The lowest BCUT2D eigenvalue weighted by Gasteiger charge is -2.35. The maximum Gasteiger partial charge on any atom is 0.228 e. The van der Waals surface area contributed by atoms with E-state index in [9.17, 15) is 4.79 Å². The van der Waals surface area contributed by atoms with Crippen LogP contribution in [0.15, 0.2) is 12.1 Å². The third-order valence-corrected chi connectivity index (χ3v) is 3.94. The van der Waals surface area contributed by atoms with Gasteiger partial charge in [-0.1, -0.05) is 13.8 Å². The molecule has 0 spiro atoms. The van der Waals surface area contributed by atoms with Crippen molar-refractivity contribution in [2.24, 2.45) is 0 Å². The lowest BCUT2D eigenvalue weighted by Crippen LogP contribution is -2.46. The number of aromatic nitrogens is 1. The largest absolute Gasteiger partial charge is 0.366 e. The number of fused-ring (bicyclic) bond motifs is 4. The van der Waals surface area contributed by atoms with Crippen molar-refractivity contribution >= 4 is 17.4 Å². The van der Waals surface area contributed by atoms with Gasteiger partial charge in [0, 0.05) is 25.2 Å². The van der Waals surface area contributed by atoms with Crippen LogP contribution in [0.4, 0.5) is 11.5 Å². The molecule has 2 bridgehead atoms. The Morgan fingerprint density at radius 2 is 2.28 bits per heavy atom. The molecule has 1 saturated heterocycles. The first-order valence-electron chi connectivity index (χ1n) is 6.81. The minimum Gasteiger partial charge on any atom is -0.366 e. The maximum absolute atomic E-state index is 12.2. The van der Waals surface area contributed by atoms with E-state index in [-0.39, 0.29) is 5.91 Å². The number of nitrogens with zero attached hydrogens (tertiary/aromatic N) is 3. The lowest BCUT2D eigenvalue weighted by atomic mass is 10.1. The molecule has 2 aliphatic rings. The summed E-state index contributed by atoms with van der Waals surface area (Å²) in [6.07, 6.45) is 2.52. The first-order chi connectivity index (χ1) is 8.74. The number of carbonyl (C=O) groups excluding carboxylic acids is 1. The molecule has 0 aliphatic carbocycles. The molecule has 0 saturated carbocycles. The van der Waals surface area contributed by atoms with Gasteiger partial charge in [-0.15, -0.1) is 0 Å². The smallest absolute Gasteiger partial charge is 0.228 e. The minimum atomic E-state index is 0.198. The molecule has 4 heteroatoms. The Bertz CT molecular complexity index is 486. The Kier molecular flexibility index (Phi) is 2.73. The molecule has 3 rings (SSSR count). The van der Waals surface area contributed by atoms with Crippen LogP contribution in [-0.4, -0.2) is 30.0 Å². The van der Waals surface area contributed by atoms with Crippen LogP contribution in [0.25, 0.3) is 0 Å². The zero-order valence-corrected chi connectivity index (χ0v) is 11.0. The van der Waals surface area contributed by atoms with E-state index in [1.807, 2.05) is 11.8 Å². The fourth-order valence-electron chi connectivity index (χ4n) is 2.94. The van der Waals surface area contributed by atoms with Crippen LogP contribution in [0, 0.1) is 0 Å². The molecule has 0 radical (unpaired) electrons. The summed E-state index contributed by atoms with van der Waals surface area (Å²) >= 11 is 0. The Hall–Kier alpha value is -1.58. The molecule has 3 heterocycles. The molecule has 4 nitrogen and oxygen atoms in total. The van der Waals surface area contributed by atoms with E-state index < -0.39 is 0 Å². The Morgan fingerprint density at radius 3 is 3.00 bits per heavy atom. The number of hydrogen-bond donors (Lipinski definition) is 0. The number of rotatable bonds is 2. The van der Waals surface area contributed by atoms with E-state index in [1.54, 1.807) is 0 Å². The summed E-state index contributed by atoms with van der Waals surface area (Å²) in [5.41, 5.74) is 2.19. The number of amides is 1. The second kappa shape index (κ2) is 4.26. The van der Waals surface area contributed by atoms with Crippen LogP contribution in [-0.2, 0) is 11.2 Å². The van der Waals surface area contributed by atoms with Crippen molar-refractivity contribution in [2.75, 3.05) is 22.9 Å². The molecular weight excluding hydrogens is 226 g/mol. The number of aryl methyl sites for hydroxylation is 1. The molecule has 0 N–H and O–H groups in total. The molecule has 2 aliphatic heterocycles. The van der Waals surface area contributed by atoms with Crippen molar-refractivity contribution in [3.63, 3.8) is 0 Å². The van der Waals surface area contributed by atoms with Crippen LogP contribution in [0.3, 0.4) is 0 Å². The first-order valence-corrected chi connectivity index (χ1v) is 6.81. The van der Waals surface area contributed by atoms with Gasteiger partial charge >= 0.3 is 0 Å². The monoisotopic (exact) mass is 245 g/mol. The molecule has 1 unspecified atom stereocenters. The highest BCUT2D eigenvalue weighted by atomic mass is 16.2.